The Morgan fingerprint density at radius 3 is 2.76 bits per heavy atom. The highest BCUT2D eigenvalue weighted by atomic mass is 16.3. The number of phenolic OH excluding ortho intramolecular Hbond substituents is 1. The van der Waals surface area contributed by atoms with Crippen LogP contribution in [0.2, 0.25) is 0 Å². The maximum Gasteiger partial charge on any atom is 0.253 e. The maximum atomic E-state index is 11.9. The van der Waals surface area contributed by atoms with E-state index >= 15 is 0 Å². The van der Waals surface area contributed by atoms with E-state index in [1.807, 2.05) is 18.5 Å². The molecule has 0 atom stereocenters. The lowest BCUT2D eigenvalue weighted by Crippen LogP contribution is -2.19. The fraction of sp³-hybridized carbons (Fsp3) is 0.308. The minimum Gasteiger partial charge on any atom is -0.508 e. The van der Waals surface area contributed by atoms with Crippen LogP contribution in [0, 0.1) is 0 Å². The van der Waals surface area contributed by atoms with Crippen LogP contribution in [0.15, 0.2) is 18.2 Å². The van der Waals surface area contributed by atoms with Crippen molar-refractivity contribution >= 4 is 16.8 Å². The molecule has 0 radical (unpaired) electrons. The molecule has 4 heteroatoms. The van der Waals surface area contributed by atoms with E-state index in [9.17, 15) is 9.90 Å². The van der Waals surface area contributed by atoms with Gasteiger partial charge in [-0.3, -0.25) is 4.79 Å². The van der Waals surface area contributed by atoms with E-state index in [1.165, 1.54) is 0 Å². The van der Waals surface area contributed by atoms with Gasteiger partial charge in [-0.25, -0.2) is 0 Å². The number of phenols is 1. The second-order valence-electron chi connectivity index (χ2n) is 4.01. The number of fused-ring (bicyclic) bond motifs is 1. The third kappa shape index (κ3) is 1.65. The topological polar surface area (TPSA) is 54.3 Å². The summed E-state index contributed by atoms with van der Waals surface area (Å²) in [6, 6.07) is 5.07. The van der Waals surface area contributed by atoms with Crippen LogP contribution < -0.4 is 5.32 Å². The Morgan fingerprint density at radius 2 is 2.18 bits per heavy atom. The Hall–Kier alpha value is -1.97. The summed E-state index contributed by atoms with van der Waals surface area (Å²) in [6.45, 7) is 2.01. The molecule has 2 aromatic rings. The van der Waals surface area contributed by atoms with Crippen molar-refractivity contribution in [3.63, 3.8) is 0 Å². The van der Waals surface area contributed by atoms with Crippen molar-refractivity contribution in [1.29, 1.82) is 0 Å². The Labute approximate surface area is 99.9 Å². The molecule has 0 spiro atoms. The van der Waals surface area contributed by atoms with Crippen LogP contribution in [0.3, 0.4) is 0 Å². The van der Waals surface area contributed by atoms with Crippen LogP contribution in [0.1, 0.15) is 23.0 Å². The number of nitrogens with one attached hydrogen (secondary N) is 1. The first-order valence-electron chi connectivity index (χ1n) is 5.62. The summed E-state index contributed by atoms with van der Waals surface area (Å²) in [4.78, 5) is 11.9. The molecular formula is C13H16N2O2. The van der Waals surface area contributed by atoms with Crippen LogP contribution >= 0.6 is 0 Å². The van der Waals surface area contributed by atoms with Crippen molar-refractivity contribution in [2.45, 2.75) is 13.3 Å². The van der Waals surface area contributed by atoms with E-state index in [2.05, 4.69) is 5.32 Å². The van der Waals surface area contributed by atoms with Gasteiger partial charge in [0.15, 0.2) is 0 Å². The highest BCUT2D eigenvalue weighted by Gasteiger charge is 2.19. The van der Waals surface area contributed by atoms with Crippen molar-refractivity contribution < 1.29 is 9.90 Å². The Bertz CT molecular complexity index is 585. The zero-order chi connectivity index (χ0) is 12.6. The summed E-state index contributed by atoms with van der Waals surface area (Å²) >= 11 is 0. The average Bonchev–Trinajstić information content (AvgIpc) is 2.61. The van der Waals surface area contributed by atoms with Gasteiger partial charge in [0.1, 0.15) is 5.75 Å². The number of nitrogens with zero attached hydrogens (tertiary/aromatic N) is 1. The number of benzene rings is 1. The summed E-state index contributed by atoms with van der Waals surface area (Å²) in [6.07, 6.45) is 0.773. The van der Waals surface area contributed by atoms with Crippen LogP contribution in [0.25, 0.3) is 10.9 Å². The lowest BCUT2D eigenvalue weighted by Gasteiger charge is -2.03. The fourth-order valence-corrected chi connectivity index (χ4v) is 2.27. The molecule has 0 bridgehead atoms. The molecule has 0 saturated heterocycles. The van der Waals surface area contributed by atoms with Crippen molar-refractivity contribution in [3.05, 3.63) is 29.5 Å². The van der Waals surface area contributed by atoms with Gasteiger partial charge in [-0.15, -0.1) is 0 Å². The second-order valence-corrected chi connectivity index (χ2v) is 4.01. The molecule has 2 N–H and O–H groups in total. The van der Waals surface area contributed by atoms with Gasteiger partial charge in [0.05, 0.1) is 11.1 Å². The first-order valence-corrected chi connectivity index (χ1v) is 5.62. The van der Waals surface area contributed by atoms with Gasteiger partial charge in [-0.05, 0) is 18.6 Å². The monoisotopic (exact) mass is 232 g/mol. The molecule has 1 aromatic heterocycles. The Morgan fingerprint density at radius 1 is 1.47 bits per heavy atom. The predicted octanol–water partition coefficient (Wildman–Crippen LogP) is 1.81. The summed E-state index contributed by atoms with van der Waals surface area (Å²) in [5.74, 6) is 0.127. The molecular weight excluding hydrogens is 216 g/mol. The quantitative estimate of drug-likeness (QED) is 0.829. The number of carbonyl (C=O) groups excluding carboxylic acids is 1. The number of aryl methyl sites for hydroxylation is 1. The van der Waals surface area contributed by atoms with E-state index in [0.717, 1.165) is 23.0 Å². The average molecular weight is 232 g/mol. The van der Waals surface area contributed by atoms with E-state index in [-0.39, 0.29) is 11.7 Å². The predicted molar refractivity (Wildman–Crippen MR) is 67.4 cm³/mol. The first kappa shape index (κ1) is 11.5. The van der Waals surface area contributed by atoms with Crippen molar-refractivity contribution in [2.75, 3.05) is 7.05 Å². The third-order valence-electron chi connectivity index (χ3n) is 3.09. The van der Waals surface area contributed by atoms with Crippen LogP contribution in [-0.4, -0.2) is 22.6 Å². The number of aromatic hydroxyl groups is 1. The molecule has 0 aliphatic heterocycles. The molecule has 2 rings (SSSR count). The molecule has 1 aromatic carbocycles. The van der Waals surface area contributed by atoms with Crippen LogP contribution in [-0.2, 0) is 13.5 Å². The SMILES string of the molecule is CCc1c(C(=O)NC)c2ccc(O)cc2n1C. The van der Waals surface area contributed by atoms with Crippen molar-refractivity contribution in [3.8, 4) is 5.75 Å². The minimum absolute atomic E-state index is 0.0851. The van der Waals surface area contributed by atoms with Gasteiger partial charge in [0, 0.05) is 31.2 Å². The van der Waals surface area contributed by atoms with Gasteiger partial charge < -0.3 is 15.0 Å². The van der Waals surface area contributed by atoms with Crippen molar-refractivity contribution in [2.24, 2.45) is 7.05 Å². The molecule has 90 valence electrons. The molecule has 0 fully saturated rings. The second kappa shape index (κ2) is 4.13. The minimum atomic E-state index is -0.0851. The standard InChI is InChI=1S/C13H16N2O2/c1-4-10-12(13(17)14-2)9-6-5-8(16)7-11(9)15(10)3/h5-7,16H,4H2,1-3H3,(H,14,17). The number of aromatic nitrogens is 1. The van der Waals surface area contributed by atoms with Crippen LogP contribution in [0.4, 0.5) is 0 Å². The normalized spacial score (nSPS) is 10.8. The van der Waals surface area contributed by atoms with Gasteiger partial charge >= 0.3 is 0 Å². The van der Waals surface area contributed by atoms with Crippen LogP contribution in [0.5, 0.6) is 5.75 Å². The summed E-state index contributed by atoms with van der Waals surface area (Å²) in [7, 11) is 3.54. The highest BCUT2D eigenvalue weighted by molar-refractivity contribution is 6.08. The van der Waals surface area contributed by atoms with Gasteiger partial charge in [-0.2, -0.15) is 0 Å². The molecule has 0 saturated carbocycles. The molecule has 17 heavy (non-hydrogen) atoms. The number of hydrogen-bond donors (Lipinski definition) is 2. The van der Waals surface area contributed by atoms with E-state index in [1.54, 1.807) is 25.2 Å². The van der Waals surface area contributed by atoms with E-state index < -0.39 is 0 Å². The Kier molecular flexibility index (Phi) is 2.79. The summed E-state index contributed by atoms with van der Waals surface area (Å²) in [5, 5.41) is 13.0. The smallest absolute Gasteiger partial charge is 0.253 e. The molecule has 0 aliphatic rings. The summed E-state index contributed by atoms with van der Waals surface area (Å²) < 4.78 is 1.96. The maximum absolute atomic E-state index is 11.9. The molecule has 0 unspecified atom stereocenters. The number of rotatable bonds is 2. The fourth-order valence-electron chi connectivity index (χ4n) is 2.27. The third-order valence-corrected chi connectivity index (χ3v) is 3.09. The zero-order valence-corrected chi connectivity index (χ0v) is 10.2. The van der Waals surface area contributed by atoms with E-state index in [4.69, 9.17) is 0 Å². The van der Waals surface area contributed by atoms with Gasteiger partial charge in [0.25, 0.3) is 5.91 Å². The summed E-state index contributed by atoms with van der Waals surface area (Å²) in [5.41, 5.74) is 2.55. The zero-order valence-electron chi connectivity index (χ0n) is 10.2. The number of amides is 1. The van der Waals surface area contributed by atoms with Crippen molar-refractivity contribution in [1.82, 2.24) is 9.88 Å². The lowest BCUT2D eigenvalue weighted by atomic mass is 10.1. The largest absolute Gasteiger partial charge is 0.508 e. The first-order chi connectivity index (χ1) is 8.10. The highest BCUT2D eigenvalue weighted by Crippen LogP contribution is 2.28. The van der Waals surface area contributed by atoms with Gasteiger partial charge in [0.2, 0.25) is 0 Å². The van der Waals surface area contributed by atoms with E-state index in [0.29, 0.717) is 5.56 Å². The Balaban J connectivity index is 2.84. The number of hydrogen-bond acceptors (Lipinski definition) is 2. The molecule has 0 aliphatic carbocycles. The number of carbonyl (C=O) groups is 1. The van der Waals surface area contributed by atoms with Gasteiger partial charge in [-0.1, -0.05) is 6.92 Å². The molecule has 1 heterocycles. The molecule has 1 amide bonds. The molecule has 4 nitrogen and oxygen atoms in total. The lowest BCUT2D eigenvalue weighted by molar-refractivity contribution is 0.0963.